The molecule has 0 amide bonds. The molecule has 0 fully saturated rings. The van der Waals surface area contributed by atoms with Gasteiger partial charge in [-0.05, 0) is 31.2 Å². The van der Waals surface area contributed by atoms with Gasteiger partial charge in [-0.15, -0.1) is 0 Å². The van der Waals surface area contributed by atoms with Crippen LogP contribution in [0.5, 0.6) is 0 Å². The van der Waals surface area contributed by atoms with Gasteiger partial charge >= 0.3 is 0 Å². The Morgan fingerprint density at radius 3 is 2.44 bits per heavy atom. The van der Waals surface area contributed by atoms with Gasteiger partial charge in [0, 0.05) is 6.54 Å². The number of rotatable bonds is 9. The Labute approximate surface area is 102 Å². The van der Waals surface area contributed by atoms with E-state index in [9.17, 15) is 0 Å². The molecule has 0 aliphatic heterocycles. The normalized spacial score (nSPS) is 14.3. The zero-order valence-electron chi connectivity index (χ0n) is 11.5. The van der Waals surface area contributed by atoms with E-state index in [4.69, 9.17) is 0 Å². The van der Waals surface area contributed by atoms with Crippen LogP contribution in [0.1, 0.15) is 47.0 Å². The van der Waals surface area contributed by atoms with Gasteiger partial charge in [-0.1, -0.05) is 58.4 Å². The fourth-order valence-electron chi connectivity index (χ4n) is 1.53. The quantitative estimate of drug-likeness (QED) is 0.457. The summed E-state index contributed by atoms with van der Waals surface area (Å²) < 4.78 is 0. The second-order valence-electron chi connectivity index (χ2n) is 4.97. The molecule has 0 spiro atoms. The number of allylic oxidation sites excluding steroid dienone is 3. The third-order valence-electron chi connectivity index (χ3n) is 2.59. The van der Waals surface area contributed by atoms with Gasteiger partial charge in [0.05, 0.1) is 0 Å². The van der Waals surface area contributed by atoms with Crippen molar-refractivity contribution in [2.24, 2.45) is 11.8 Å². The minimum Gasteiger partial charge on any atom is -0.313 e. The molecule has 1 N–H and O–H groups in total. The highest BCUT2D eigenvalue weighted by Gasteiger charge is 1.92. The molecule has 1 heteroatoms. The maximum Gasteiger partial charge on any atom is 0.0137 e. The molecule has 94 valence electrons. The fraction of sp³-hybridized carbons (Fsp3) is 0.733. The molecule has 1 unspecified atom stereocenters. The fourth-order valence-corrected chi connectivity index (χ4v) is 1.53. The first-order valence-electron chi connectivity index (χ1n) is 6.70. The smallest absolute Gasteiger partial charge is 0.0137 e. The van der Waals surface area contributed by atoms with E-state index in [-0.39, 0.29) is 0 Å². The number of nitrogens with one attached hydrogen (secondary N) is 1. The molecule has 1 nitrogen and oxygen atoms in total. The van der Waals surface area contributed by atoms with Crippen molar-refractivity contribution in [1.82, 2.24) is 5.32 Å². The zero-order valence-corrected chi connectivity index (χ0v) is 11.5. The molecule has 0 rings (SSSR count). The Morgan fingerprint density at radius 1 is 1.06 bits per heavy atom. The molecule has 0 bridgehead atoms. The third kappa shape index (κ3) is 11.5. The monoisotopic (exact) mass is 223 g/mol. The van der Waals surface area contributed by atoms with Crippen LogP contribution in [-0.2, 0) is 0 Å². The van der Waals surface area contributed by atoms with Crippen LogP contribution in [0.2, 0.25) is 0 Å². The van der Waals surface area contributed by atoms with E-state index in [1.54, 1.807) is 0 Å². The molecule has 0 aromatic carbocycles. The summed E-state index contributed by atoms with van der Waals surface area (Å²) in [4.78, 5) is 0. The molecule has 0 aliphatic rings. The van der Waals surface area contributed by atoms with Crippen molar-refractivity contribution in [3.8, 4) is 0 Å². The molecular weight excluding hydrogens is 194 g/mol. The second-order valence-corrected chi connectivity index (χ2v) is 4.97. The molecule has 0 aromatic rings. The van der Waals surface area contributed by atoms with Crippen LogP contribution in [-0.4, -0.2) is 13.1 Å². The van der Waals surface area contributed by atoms with Crippen molar-refractivity contribution in [3.05, 3.63) is 24.3 Å². The molecule has 0 radical (unpaired) electrons. The Bertz CT molecular complexity index is 192. The standard InChI is InChI=1S/C15H29N/c1-5-9-15(4)10-7-6-8-12-16-13-11-14(2)3/h6-8,10,14-16H,5,9,11-13H2,1-4H3/b8-6-,10-7-. The lowest BCUT2D eigenvalue weighted by Gasteiger charge is -2.03. The van der Waals surface area contributed by atoms with E-state index in [1.165, 1.54) is 19.3 Å². The summed E-state index contributed by atoms with van der Waals surface area (Å²) in [5.74, 6) is 1.51. The van der Waals surface area contributed by atoms with Crippen molar-refractivity contribution in [1.29, 1.82) is 0 Å². The maximum atomic E-state index is 3.41. The van der Waals surface area contributed by atoms with Crippen LogP contribution in [0.4, 0.5) is 0 Å². The highest BCUT2D eigenvalue weighted by atomic mass is 14.8. The predicted octanol–water partition coefficient (Wildman–Crippen LogP) is 4.17. The molecule has 0 saturated carbocycles. The lowest BCUT2D eigenvalue weighted by molar-refractivity contribution is 0.552. The first kappa shape index (κ1) is 15.4. The Hall–Kier alpha value is -0.560. The highest BCUT2D eigenvalue weighted by molar-refractivity contribution is 5.04. The topological polar surface area (TPSA) is 12.0 Å². The van der Waals surface area contributed by atoms with Crippen molar-refractivity contribution in [2.75, 3.05) is 13.1 Å². The van der Waals surface area contributed by atoms with E-state index in [0.717, 1.165) is 19.0 Å². The molecule has 16 heavy (non-hydrogen) atoms. The Morgan fingerprint density at radius 2 is 1.81 bits per heavy atom. The van der Waals surface area contributed by atoms with Gasteiger partial charge in [-0.25, -0.2) is 0 Å². The van der Waals surface area contributed by atoms with Gasteiger partial charge in [0.15, 0.2) is 0 Å². The predicted molar refractivity (Wildman–Crippen MR) is 74.7 cm³/mol. The first-order valence-corrected chi connectivity index (χ1v) is 6.70. The highest BCUT2D eigenvalue weighted by Crippen LogP contribution is 2.05. The lowest BCUT2D eigenvalue weighted by Crippen LogP contribution is -2.16. The third-order valence-corrected chi connectivity index (χ3v) is 2.59. The van der Waals surface area contributed by atoms with Crippen LogP contribution < -0.4 is 5.32 Å². The van der Waals surface area contributed by atoms with E-state index in [1.807, 2.05) is 0 Å². The summed E-state index contributed by atoms with van der Waals surface area (Å²) in [6.07, 6.45) is 12.6. The number of hydrogen-bond donors (Lipinski definition) is 1. The van der Waals surface area contributed by atoms with Crippen molar-refractivity contribution in [3.63, 3.8) is 0 Å². The number of hydrogen-bond acceptors (Lipinski definition) is 1. The molecule has 0 heterocycles. The lowest BCUT2D eigenvalue weighted by atomic mass is 10.1. The summed E-state index contributed by atoms with van der Waals surface area (Å²) in [7, 11) is 0. The van der Waals surface area contributed by atoms with Crippen LogP contribution in [0.25, 0.3) is 0 Å². The summed E-state index contributed by atoms with van der Waals surface area (Å²) in [5, 5.41) is 3.41. The van der Waals surface area contributed by atoms with E-state index >= 15 is 0 Å². The van der Waals surface area contributed by atoms with Crippen LogP contribution >= 0.6 is 0 Å². The van der Waals surface area contributed by atoms with Gasteiger partial charge in [0.1, 0.15) is 0 Å². The van der Waals surface area contributed by atoms with Gasteiger partial charge in [0.2, 0.25) is 0 Å². The minimum absolute atomic E-state index is 0.712. The van der Waals surface area contributed by atoms with Crippen molar-refractivity contribution in [2.45, 2.75) is 47.0 Å². The average Bonchev–Trinajstić information content (AvgIpc) is 2.22. The molecule has 0 aliphatic carbocycles. The van der Waals surface area contributed by atoms with Gasteiger partial charge in [-0.3, -0.25) is 0 Å². The summed E-state index contributed by atoms with van der Waals surface area (Å²) in [6, 6.07) is 0. The van der Waals surface area contributed by atoms with E-state index in [0.29, 0.717) is 5.92 Å². The Kier molecular flexibility index (Phi) is 10.6. The maximum absolute atomic E-state index is 3.41. The van der Waals surface area contributed by atoms with Crippen LogP contribution in [0, 0.1) is 11.8 Å². The second kappa shape index (κ2) is 10.9. The van der Waals surface area contributed by atoms with Gasteiger partial charge in [-0.2, -0.15) is 0 Å². The average molecular weight is 223 g/mol. The van der Waals surface area contributed by atoms with Crippen LogP contribution in [0.15, 0.2) is 24.3 Å². The van der Waals surface area contributed by atoms with Crippen molar-refractivity contribution >= 4 is 0 Å². The van der Waals surface area contributed by atoms with Gasteiger partial charge < -0.3 is 5.32 Å². The molecule has 0 saturated heterocycles. The molecule has 0 aromatic heterocycles. The zero-order chi connectivity index (χ0) is 12.2. The Balaban J connectivity index is 3.40. The van der Waals surface area contributed by atoms with Crippen molar-refractivity contribution < 1.29 is 0 Å². The SMILES string of the molecule is CCCC(C)/C=C\C=C/CNCCC(C)C. The summed E-state index contributed by atoms with van der Waals surface area (Å²) in [6.45, 7) is 11.1. The first-order chi connectivity index (χ1) is 7.66. The summed E-state index contributed by atoms with van der Waals surface area (Å²) in [5.41, 5.74) is 0. The minimum atomic E-state index is 0.712. The molecular formula is C15H29N. The van der Waals surface area contributed by atoms with Crippen LogP contribution in [0.3, 0.4) is 0 Å². The van der Waals surface area contributed by atoms with E-state index in [2.05, 4.69) is 57.3 Å². The van der Waals surface area contributed by atoms with E-state index < -0.39 is 0 Å². The van der Waals surface area contributed by atoms with Gasteiger partial charge in [0.25, 0.3) is 0 Å². The largest absolute Gasteiger partial charge is 0.313 e. The summed E-state index contributed by atoms with van der Waals surface area (Å²) >= 11 is 0. The molecule has 1 atom stereocenters.